The molecule has 0 aliphatic heterocycles. The Morgan fingerprint density at radius 2 is 1.76 bits per heavy atom. The molecule has 0 spiro atoms. The first-order chi connectivity index (χ1) is 12.0. The number of aryl methyl sites for hydroxylation is 1. The summed E-state index contributed by atoms with van der Waals surface area (Å²) in [4.78, 5) is 24.1. The molecule has 0 amide bonds. The Morgan fingerprint density at radius 1 is 1.04 bits per heavy atom. The third-order valence-electron chi connectivity index (χ3n) is 4.66. The van der Waals surface area contributed by atoms with Gasteiger partial charge in [-0.1, -0.05) is 18.9 Å². The third-order valence-corrected chi connectivity index (χ3v) is 4.66. The van der Waals surface area contributed by atoms with E-state index in [9.17, 15) is 23.5 Å². The highest BCUT2D eigenvalue weighted by atomic mass is 19.2. The van der Waals surface area contributed by atoms with Crippen molar-refractivity contribution in [2.75, 3.05) is 0 Å². The van der Waals surface area contributed by atoms with Gasteiger partial charge in [-0.15, -0.1) is 0 Å². The van der Waals surface area contributed by atoms with E-state index >= 15 is 0 Å². The minimum absolute atomic E-state index is 0.0273. The monoisotopic (exact) mass is 347 g/mol. The summed E-state index contributed by atoms with van der Waals surface area (Å²) in [6.45, 7) is 0.0273. The first kappa shape index (κ1) is 17.3. The van der Waals surface area contributed by atoms with Crippen molar-refractivity contribution in [3.05, 3.63) is 68.6 Å². The van der Waals surface area contributed by atoms with Crippen LogP contribution in [0.5, 0.6) is 0 Å². The van der Waals surface area contributed by atoms with E-state index in [2.05, 4.69) is 0 Å². The molecular formula is C19H19F2NO3. The molecule has 1 aliphatic carbocycles. The van der Waals surface area contributed by atoms with Crippen LogP contribution in [0.1, 0.15) is 52.9 Å². The zero-order valence-corrected chi connectivity index (χ0v) is 13.7. The van der Waals surface area contributed by atoms with Gasteiger partial charge in [0.25, 0.3) is 5.56 Å². The van der Waals surface area contributed by atoms with Gasteiger partial charge in [-0.2, -0.15) is 0 Å². The first-order valence-corrected chi connectivity index (χ1v) is 8.40. The van der Waals surface area contributed by atoms with Crippen molar-refractivity contribution >= 4 is 5.97 Å². The van der Waals surface area contributed by atoms with Crippen molar-refractivity contribution in [3.8, 4) is 0 Å². The maximum atomic E-state index is 13.5. The Bertz CT molecular complexity index is 874. The number of rotatable bonds is 3. The molecule has 0 fully saturated rings. The molecule has 1 aromatic heterocycles. The summed E-state index contributed by atoms with van der Waals surface area (Å²) in [5.41, 5.74) is 1.21. The Labute approximate surface area is 143 Å². The number of pyridine rings is 1. The molecule has 0 atom stereocenters. The number of halogens is 2. The van der Waals surface area contributed by atoms with Gasteiger partial charge >= 0.3 is 5.97 Å². The lowest BCUT2D eigenvalue weighted by atomic mass is 9.95. The largest absolute Gasteiger partial charge is 0.477 e. The Balaban J connectivity index is 2.13. The molecule has 3 rings (SSSR count). The second-order valence-corrected chi connectivity index (χ2v) is 6.39. The zero-order valence-electron chi connectivity index (χ0n) is 13.7. The van der Waals surface area contributed by atoms with Crippen LogP contribution in [-0.2, 0) is 19.4 Å². The van der Waals surface area contributed by atoms with E-state index in [-0.39, 0.29) is 12.1 Å². The highest BCUT2D eigenvalue weighted by Crippen LogP contribution is 2.21. The molecule has 0 saturated heterocycles. The molecular weight excluding hydrogens is 328 g/mol. The van der Waals surface area contributed by atoms with Gasteiger partial charge in [0, 0.05) is 5.69 Å². The minimum atomic E-state index is -1.27. The lowest BCUT2D eigenvalue weighted by Gasteiger charge is -2.20. The number of aromatic carboxylic acids is 1. The highest BCUT2D eigenvalue weighted by Gasteiger charge is 2.20. The van der Waals surface area contributed by atoms with E-state index in [4.69, 9.17) is 0 Å². The zero-order chi connectivity index (χ0) is 18.0. The van der Waals surface area contributed by atoms with Crippen molar-refractivity contribution in [3.63, 3.8) is 0 Å². The number of hydrogen-bond acceptors (Lipinski definition) is 2. The van der Waals surface area contributed by atoms with Gasteiger partial charge in [0.1, 0.15) is 5.56 Å². The average Bonchev–Trinajstić information content (AvgIpc) is 2.54. The van der Waals surface area contributed by atoms with E-state index < -0.39 is 23.2 Å². The standard InChI is InChI=1S/C19H19F2NO3/c20-15-8-7-12(9-16(15)21)11-22-17-6-4-2-1-3-5-13(17)10-14(18(22)23)19(24)25/h7-10H,1-6,11H2,(H,24,25). The van der Waals surface area contributed by atoms with Gasteiger partial charge in [0.05, 0.1) is 6.54 Å². The quantitative estimate of drug-likeness (QED) is 0.924. The predicted octanol–water partition coefficient (Wildman–Crippen LogP) is 3.53. The number of carbonyl (C=O) groups is 1. The number of fused-ring (bicyclic) bond motifs is 1. The van der Waals surface area contributed by atoms with Crippen LogP contribution >= 0.6 is 0 Å². The minimum Gasteiger partial charge on any atom is -0.477 e. The van der Waals surface area contributed by atoms with Gasteiger partial charge in [-0.3, -0.25) is 4.79 Å². The van der Waals surface area contributed by atoms with Crippen LogP contribution < -0.4 is 5.56 Å². The van der Waals surface area contributed by atoms with Gasteiger partial charge in [0.2, 0.25) is 0 Å². The Kier molecular flexibility index (Phi) is 4.97. The van der Waals surface area contributed by atoms with Gasteiger partial charge < -0.3 is 9.67 Å². The number of nitrogens with zero attached hydrogens (tertiary/aromatic N) is 1. The van der Waals surface area contributed by atoms with Crippen LogP contribution in [0.2, 0.25) is 0 Å². The van der Waals surface area contributed by atoms with E-state index in [1.807, 2.05) is 0 Å². The lowest BCUT2D eigenvalue weighted by Crippen LogP contribution is -2.31. The molecule has 1 N–H and O–H groups in total. The fourth-order valence-corrected chi connectivity index (χ4v) is 3.38. The third kappa shape index (κ3) is 3.62. The molecule has 1 aliphatic rings. The summed E-state index contributed by atoms with van der Waals surface area (Å²) < 4.78 is 28.0. The molecule has 132 valence electrons. The van der Waals surface area contributed by atoms with Crippen LogP contribution in [-0.4, -0.2) is 15.6 Å². The second-order valence-electron chi connectivity index (χ2n) is 6.39. The number of carboxylic acid groups (broad SMARTS) is 1. The second kappa shape index (κ2) is 7.17. The molecule has 2 aromatic rings. The van der Waals surface area contributed by atoms with Crippen molar-refractivity contribution in [2.45, 2.75) is 45.1 Å². The van der Waals surface area contributed by atoms with Gasteiger partial charge in [-0.05, 0) is 55.0 Å². The molecule has 0 saturated carbocycles. The van der Waals surface area contributed by atoms with Crippen LogP contribution in [0.3, 0.4) is 0 Å². The molecule has 25 heavy (non-hydrogen) atoms. The number of carboxylic acids is 1. The predicted molar refractivity (Wildman–Crippen MR) is 89.0 cm³/mol. The molecule has 0 bridgehead atoms. The van der Waals surface area contributed by atoms with Gasteiger partial charge in [-0.25, -0.2) is 13.6 Å². The Morgan fingerprint density at radius 3 is 2.44 bits per heavy atom. The van der Waals surface area contributed by atoms with E-state index in [0.717, 1.165) is 49.1 Å². The average molecular weight is 347 g/mol. The number of aromatic nitrogens is 1. The molecule has 1 aromatic carbocycles. The summed E-state index contributed by atoms with van der Waals surface area (Å²) in [5, 5.41) is 9.34. The SMILES string of the molecule is O=C(O)c1cc2c(n(Cc3ccc(F)c(F)c3)c1=O)CCCCCC2. The summed E-state index contributed by atoms with van der Waals surface area (Å²) in [7, 11) is 0. The van der Waals surface area contributed by atoms with Crippen molar-refractivity contribution in [1.82, 2.24) is 4.57 Å². The topological polar surface area (TPSA) is 59.3 Å². The Hall–Kier alpha value is -2.50. The van der Waals surface area contributed by atoms with Crippen LogP contribution in [0.4, 0.5) is 8.78 Å². The number of benzene rings is 1. The van der Waals surface area contributed by atoms with E-state index in [0.29, 0.717) is 18.4 Å². The van der Waals surface area contributed by atoms with Crippen molar-refractivity contribution in [1.29, 1.82) is 0 Å². The highest BCUT2D eigenvalue weighted by molar-refractivity contribution is 5.87. The molecule has 0 radical (unpaired) electrons. The van der Waals surface area contributed by atoms with Gasteiger partial charge in [0.15, 0.2) is 11.6 Å². The van der Waals surface area contributed by atoms with Crippen molar-refractivity contribution in [2.24, 2.45) is 0 Å². The van der Waals surface area contributed by atoms with Crippen molar-refractivity contribution < 1.29 is 18.7 Å². The van der Waals surface area contributed by atoms with Crippen LogP contribution in [0.25, 0.3) is 0 Å². The molecule has 1 heterocycles. The summed E-state index contributed by atoms with van der Waals surface area (Å²) >= 11 is 0. The summed E-state index contributed by atoms with van der Waals surface area (Å²) in [6.07, 6.45) is 5.37. The number of hydrogen-bond donors (Lipinski definition) is 1. The molecule has 6 heteroatoms. The smallest absolute Gasteiger partial charge is 0.341 e. The normalized spacial score (nSPS) is 14.5. The van der Waals surface area contributed by atoms with E-state index in [1.54, 1.807) is 0 Å². The fraction of sp³-hybridized carbons (Fsp3) is 0.368. The van der Waals surface area contributed by atoms with Crippen LogP contribution in [0.15, 0.2) is 29.1 Å². The molecule has 4 nitrogen and oxygen atoms in total. The molecule has 0 unspecified atom stereocenters. The first-order valence-electron chi connectivity index (χ1n) is 8.40. The summed E-state index contributed by atoms with van der Waals surface area (Å²) in [6, 6.07) is 4.95. The maximum Gasteiger partial charge on any atom is 0.341 e. The fourth-order valence-electron chi connectivity index (χ4n) is 3.38. The summed E-state index contributed by atoms with van der Waals surface area (Å²) in [5.74, 6) is -3.21. The van der Waals surface area contributed by atoms with Crippen LogP contribution in [0, 0.1) is 11.6 Å². The van der Waals surface area contributed by atoms with E-state index in [1.165, 1.54) is 16.7 Å². The maximum absolute atomic E-state index is 13.5. The lowest BCUT2D eigenvalue weighted by molar-refractivity contribution is 0.0694.